The molecule has 0 spiro atoms. The van der Waals surface area contributed by atoms with Gasteiger partial charge in [-0.2, -0.15) is 5.10 Å². The molecule has 24 heavy (non-hydrogen) atoms. The fourth-order valence-electron chi connectivity index (χ4n) is 2.14. The lowest BCUT2D eigenvalue weighted by Crippen LogP contribution is -2.17. The second-order valence-corrected chi connectivity index (χ2v) is 5.92. The van der Waals surface area contributed by atoms with E-state index in [1.807, 2.05) is 0 Å². The summed E-state index contributed by atoms with van der Waals surface area (Å²) in [5.74, 6) is 0.845. The van der Waals surface area contributed by atoms with Gasteiger partial charge in [0.05, 0.1) is 24.5 Å². The monoisotopic (exact) mass is 364 g/mol. The highest BCUT2D eigenvalue weighted by atomic mass is 35.5. The fraction of sp³-hybridized carbons (Fsp3) is 0.176. The van der Waals surface area contributed by atoms with Crippen molar-refractivity contribution < 1.29 is 14.3 Å². The summed E-state index contributed by atoms with van der Waals surface area (Å²) in [5, 5.41) is 4.91. The standard InChI is InChI=1S/C17H14Cl2N2O3/c18-13-4-2-12(14(19)9-13)10-20-21-17(22)11-3-5-15-16(8-11)24-7-1-6-23-15/h2-5,8-10H,1,6-7H2,(H,21,22)/b20-10+. The maximum Gasteiger partial charge on any atom is 0.271 e. The number of carbonyl (C=O) groups is 1. The van der Waals surface area contributed by atoms with E-state index >= 15 is 0 Å². The summed E-state index contributed by atoms with van der Waals surface area (Å²) in [6.45, 7) is 1.16. The summed E-state index contributed by atoms with van der Waals surface area (Å²) in [7, 11) is 0. The highest BCUT2D eigenvalue weighted by molar-refractivity contribution is 6.36. The smallest absolute Gasteiger partial charge is 0.271 e. The second-order valence-electron chi connectivity index (χ2n) is 5.08. The maximum atomic E-state index is 12.2. The number of halogens is 2. The Balaban J connectivity index is 1.68. The zero-order valence-corrected chi connectivity index (χ0v) is 14.1. The summed E-state index contributed by atoms with van der Waals surface area (Å²) in [6, 6.07) is 10.0. The van der Waals surface area contributed by atoms with E-state index in [0.29, 0.717) is 45.9 Å². The number of hydrogen-bond donors (Lipinski definition) is 1. The first-order valence-electron chi connectivity index (χ1n) is 7.31. The van der Waals surface area contributed by atoms with Crippen LogP contribution in [0.2, 0.25) is 10.0 Å². The van der Waals surface area contributed by atoms with Crippen molar-refractivity contribution in [3.8, 4) is 11.5 Å². The van der Waals surface area contributed by atoms with E-state index in [0.717, 1.165) is 6.42 Å². The van der Waals surface area contributed by atoms with Gasteiger partial charge in [0.2, 0.25) is 0 Å². The predicted octanol–water partition coefficient (Wildman–Crippen LogP) is 3.92. The molecule has 0 unspecified atom stereocenters. The van der Waals surface area contributed by atoms with E-state index in [-0.39, 0.29) is 5.91 Å². The number of nitrogens with one attached hydrogen (secondary N) is 1. The largest absolute Gasteiger partial charge is 0.490 e. The van der Waals surface area contributed by atoms with Crippen LogP contribution in [0.1, 0.15) is 22.3 Å². The molecule has 0 bridgehead atoms. The third-order valence-corrected chi connectivity index (χ3v) is 3.90. The van der Waals surface area contributed by atoms with Crippen molar-refractivity contribution in [2.24, 2.45) is 5.10 Å². The molecular weight excluding hydrogens is 351 g/mol. The van der Waals surface area contributed by atoms with Gasteiger partial charge in [0.25, 0.3) is 5.91 Å². The van der Waals surface area contributed by atoms with Crippen molar-refractivity contribution in [1.82, 2.24) is 5.43 Å². The predicted molar refractivity (Wildman–Crippen MR) is 93.6 cm³/mol. The molecule has 1 amide bonds. The minimum absolute atomic E-state index is 0.355. The van der Waals surface area contributed by atoms with E-state index in [1.165, 1.54) is 6.21 Å². The average molecular weight is 365 g/mol. The van der Waals surface area contributed by atoms with Crippen LogP contribution in [0.15, 0.2) is 41.5 Å². The highest BCUT2D eigenvalue weighted by Crippen LogP contribution is 2.30. The molecule has 0 radical (unpaired) electrons. The maximum absolute atomic E-state index is 12.2. The molecule has 1 aliphatic heterocycles. The van der Waals surface area contributed by atoms with E-state index in [9.17, 15) is 4.79 Å². The van der Waals surface area contributed by atoms with Crippen LogP contribution in [-0.4, -0.2) is 25.3 Å². The van der Waals surface area contributed by atoms with Crippen molar-refractivity contribution in [2.45, 2.75) is 6.42 Å². The first-order chi connectivity index (χ1) is 11.6. The summed E-state index contributed by atoms with van der Waals surface area (Å²) < 4.78 is 11.1. The van der Waals surface area contributed by atoms with Crippen LogP contribution in [0.25, 0.3) is 0 Å². The number of fused-ring (bicyclic) bond motifs is 1. The molecule has 7 heteroatoms. The molecule has 1 aliphatic rings. The highest BCUT2D eigenvalue weighted by Gasteiger charge is 2.13. The van der Waals surface area contributed by atoms with Crippen molar-refractivity contribution in [3.63, 3.8) is 0 Å². The Labute approximate surface area is 149 Å². The number of hydrazone groups is 1. The van der Waals surface area contributed by atoms with Gasteiger partial charge >= 0.3 is 0 Å². The molecule has 3 rings (SSSR count). The molecule has 0 saturated heterocycles. The van der Waals surface area contributed by atoms with Crippen LogP contribution in [0.3, 0.4) is 0 Å². The Kier molecular flexibility index (Phi) is 5.23. The molecule has 0 fully saturated rings. The second kappa shape index (κ2) is 7.55. The van der Waals surface area contributed by atoms with Crippen LogP contribution in [0, 0.1) is 0 Å². The first-order valence-corrected chi connectivity index (χ1v) is 8.07. The molecule has 0 atom stereocenters. The first kappa shape index (κ1) is 16.6. The van der Waals surface area contributed by atoms with Crippen LogP contribution in [0.4, 0.5) is 0 Å². The van der Waals surface area contributed by atoms with E-state index < -0.39 is 0 Å². The van der Waals surface area contributed by atoms with Gasteiger partial charge in [0.1, 0.15) is 0 Å². The summed E-state index contributed by atoms with van der Waals surface area (Å²) >= 11 is 11.9. The van der Waals surface area contributed by atoms with Crippen molar-refractivity contribution in [2.75, 3.05) is 13.2 Å². The molecule has 2 aromatic carbocycles. The molecule has 1 N–H and O–H groups in total. The van der Waals surface area contributed by atoms with Crippen molar-refractivity contribution in [3.05, 3.63) is 57.6 Å². The van der Waals surface area contributed by atoms with Crippen LogP contribution >= 0.6 is 23.2 Å². The number of benzene rings is 2. The van der Waals surface area contributed by atoms with Gasteiger partial charge in [0, 0.05) is 22.6 Å². The SMILES string of the molecule is O=C(N/N=C/c1ccc(Cl)cc1Cl)c1ccc2c(c1)OCCCO2. The van der Waals surface area contributed by atoms with Gasteiger partial charge in [-0.1, -0.05) is 29.3 Å². The van der Waals surface area contributed by atoms with Gasteiger partial charge in [-0.25, -0.2) is 5.43 Å². The lowest BCUT2D eigenvalue weighted by atomic mass is 10.2. The molecule has 124 valence electrons. The third-order valence-electron chi connectivity index (χ3n) is 3.34. The van der Waals surface area contributed by atoms with Gasteiger partial charge in [0.15, 0.2) is 11.5 Å². The number of hydrogen-bond acceptors (Lipinski definition) is 4. The zero-order chi connectivity index (χ0) is 16.9. The molecule has 0 saturated carbocycles. The van der Waals surface area contributed by atoms with Crippen molar-refractivity contribution in [1.29, 1.82) is 0 Å². The van der Waals surface area contributed by atoms with Gasteiger partial charge in [-0.15, -0.1) is 0 Å². The Morgan fingerprint density at radius 2 is 1.88 bits per heavy atom. The number of nitrogens with zero attached hydrogens (tertiary/aromatic N) is 1. The Hall–Kier alpha value is -2.24. The third kappa shape index (κ3) is 3.99. The zero-order valence-electron chi connectivity index (χ0n) is 12.6. The molecule has 5 nitrogen and oxygen atoms in total. The summed E-state index contributed by atoms with van der Waals surface area (Å²) in [4.78, 5) is 12.2. The number of carbonyl (C=O) groups excluding carboxylic acids is 1. The van der Waals surface area contributed by atoms with Gasteiger partial charge in [-0.05, 0) is 30.3 Å². The lowest BCUT2D eigenvalue weighted by molar-refractivity contribution is 0.0954. The van der Waals surface area contributed by atoms with Gasteiger partial charge in [-0.3, -0.25) is 4.79 Å². The summed E-state index contributed by atoms with van der Waals surface area (Å²) in [6.07, 6.45) is 2.27. The summed E-state index contributed by atoms with van der Waals surface area (Å²) in [5.41, 5.74) is 3.54. The molecular formula is C17H14Cl2N2O3. The quantitative estimate of drug-likeness (QED) is 0.663. The average Bonchev–Trinajstić information content (AvgIpc) is 2.81. The number of ether oxygens (including phenoxy) is 2. The molecule has 0 aromatic heterocycles. The van der Waals surface area contributed by atoms with Crippen LogP contribution in [-0.2, 0) is 0 Å². The topological polar surface area (TPSA) is 59.9 Å². The Morgan fingerprint density at radius 1 is 1.08 bits per heavy atom. The molecule has 0 aliphatic carbocycles. The minimum atomic E-state index is -0.355. The number of rotatable bonds is 3. The number of amides is 1. The Bertz CT molecular complexity index is 793. The normalized spacial score (nSPS) is 13.6. The van der Waals surface area contributed by atoms with E-state index in [4.69, 9.17) is 32.7 Å². The van der Waals surface area contributed by atoms with Crippen LogP contribution in [0.5, 0.6) is 11.5 Å². The van der Waals surface area contributed by atoms with Gasteiger partial charge < -0.3 is 9.47 Å². The van der Waals surface area contributed by atoms with E-state index in [2.05, 4.69) is 10.5 Å². The molecule has 1 heterocycles. The minimum Gasteiger partial charge on any atom is -0.490 e. The van der Waals surface area contributed by atoms with Crippen molar-refractivity contribution >= 4 is 35.3 Å². The Morgan fingerprint density at radius 3 is 2.67 bits per heavy atom. The van der Waals surface area contributed by atoms with E-state index in [1.54, 1.807) is 36.4 Å². The van der Waals surface area contributed by atoms with Crippen LogP contribution < -0.4 is 14.9 Å². The molecule has 2 aromatic rings. The fourth-order valence-corrected chi connectivity index (χ4v) is 2.59. The lowest BCUT2D eigenvalue weighted by Gasteiger charge is -2.08.